The maximum Gasteiger partial charge on any atom is 0.328 e. The number of benzene rings is 7. The van der Waals surface area contributed by atoms with Gasteiger partial charge in [-0.15, -0.1) is 0 Å². The maximum absolute atomic E-state index is 13.8. The minimum Gasteiger partial charge on any atom is -0.480 e. The Kier molecular flexibility index (Phi) is 21.7. The van der Waals surface area contributed by atoms with E-state index in [9.17, 15) is 50.7 Å². The lowest BCUT2D eigenvalue weighted by atomic mass is 9.93. The number of carboxylic acids is 1. The number of rotatable bonds is 22. The van der Waals surface area contributed by atoms with Crippen molar-refractivity contribution in [1.29, 1.82) is 0 Å². The van der Waals surface area contributed by atoms with Gasteiger partial charge >= 0.3 is 11.9 Å². The lowest BCUT2D eigenvalue weighted by molar-refractivity contribution is -0.147. The minimum absolute atomic E-state index is 0.00158. The number of fused-ring (bicyclic) bond motifs is 4. The molecule has 2 aliphatic carbocycles. The van der Waals surface area contributed by atoms with E-state index in [0.29, 0.717) is 35.1 Å². The van der Waals surface area contributed by atoms with Crippen LogP contribution in [0.5, 0.6) is 0 Å². The average molecular weight is 1350 g/mol. The molecule has 0 saturated heterocycles. The van der Waals surface area contributed by atoms with Crippen LogP contribution in [0.1, 0.15) is 134 Å². The molecule has 0 bridgehead atoms. The number of aryl methyl sites for hydroxylation is 2. The Morgan fingerprint density at radius 3 is 1.35 bits per heavy atom. The molecule has 2 aliphatic heterocycles. The third-order valence-electron chi connectivity index (χ3n) is 17.3. The number of nitrogens with zero attached hydrogens (tertiary/aromatic N) is 2. The molecule has 0 spiro atoms. The van der Waals surface area contributed by atoms with E-state index in [1.165, 1.54) is 49.1 Å². The van der Waals surface area contributed by atoms with Crippen molar-refractivity contribution in [3.63, 3.8) is 0 Å². The molecule has 0 radical (unpaired) electrons. The second-order valence-corrected chi connectivity index (χ2v) is 28.5. The molecule has 7 aromatic carbocycles. The SMILES string of the molecule is O=C(CC[C@H](NC(=O)c1c(Cl)cc2c(c1Cl)CCN(S(=O)(=O)c1ccccc1)C2)C(=O)O)C[C@@H]1CCc2ccccc21.O=C(CC[C@H](NC(=O)c1c(Cl)cc2c(c1Cl)CCN(S(=O)(=O)c1ccccc1)C2)C(=O)OCc1ccccc1)C[C@@H]1CCc2ccccc21. The number of nitrogens with one attached hydrogen (secondary N) is 2. The molecule has 0 saturated carbocycles. The number of aliphatic carboxylic acids is 1. The highest BCUT2D eigenvalue weighted by Gasteiger charge is 2.36. The van der Waals surface area contributed by atoms with Crippen LogP contribution in [-0.4, -0.2) is 91.0 Å². The predicted octanol–water partition coefficient (Wildman–Crippen LogP) is 12.4. The Hall–Kier alpha value is -7.26. The Morgan fingerprint density at radius 1 is 0.516 bits per heavy atom. The van der Waals surface area contributed by atoms with Crippen LogP contribution in [0.4, 0.5) is 0 Å². The van der Waals surface area contributed by atoms with E-state index >= 15 is 0 Å². The average Bonchev–Trinajstić information content (AvgIpc) is 1.68. The highest BCUT2D eigenvalue weighted by atomic mass is 35.5. The Labute approximate surface area is 549 Å². The number of carbonyl (C=O) groups excluding carboxylic acids is 5. The summed E-state index contributed by atoms with van der Waals surface area (Å²) in [7, 11) is -7.50. The molecule has 3 N–H and O–H groups in total. The molecule has 0 aromatic heterocycles. The van der Waals surface area contributed by atoms with E-state index < -0.39 is 55.9 Å². The minimum atomic E-state index is -3.75. The summed E-state index contributed by atoms with van der Waals surface area (Å²) in [5.74, 6) is -3.20. The second-order valence-electron chi connectivity index (χ2n) is 23.1. The van der Waals surface area contributed by atoms with Crippen molar-refractivity contribution in [2.45, 2.75) is 130 Å². The summed E-state index contributed by atoms with van der Waals surface area (Å²) in [5.41, 5.74) is 7.93. The molecule has 7 aromatic rings. The van der Waals surface area contributed by atoms with Gasteiger partial charge in [-0.2, -0.15) is 8.61 Å². The third kappa shape index (κ3) is 15.6. The van der Waals surface area contributed by atoms with Crippen LogP contribution in [0.3, 0.4) is 0 Å². The number of ether oxygens (including phenoxy) is 1. The van der Waals surface area contributed by atoms with Crippen LogP contribution in [0.15, 0.2) is 161 Å². The molecular weight excluding hydrogens is 1280 g/mol. The Bertz CT molecular complexity index is 4140. The van der Waals surface area contributed by atoms with Gasteiger partial charge in [-0.25, -0.2) is 26.4 Å². The zero-order valence-electron chi connectivity index (χ0n) is 49.4. The number of carbonyl (C=O) groups is 6. The highest BCUT2D eigenvalue weighted by molar-refractivity contribution is 7.89. The number of hydrogen-bond acceptors (Lipinski definition) is 11. The number of sulfonamides is 2. The molecule has 2 heterocycles. The zero-order chi connectivity index (χ0) is 64.6. The largest absolute Gasteiger partial charge is 0.480 e. The van der Waals surface area contributed by atoms with Gasteiger partial charge in [0.2, 0.25) is 20.0 Å². The molecule has 4 aliphatic rings. The summed E-state index contributed by atoms with van der Waals surface area (Å²) in [5, 5.41) is 15.1. The van der Waals surface area contributed by atoms with Crippen molar-refractivity contribution < 1.29 is 55.4 Å². The molecule has 2 amide bonds. The van der Waals surface area contributed by atoms with Crippen molar-refractivity contribution in [2.75, 3.05) is 13.1 Å². The molecule has 11 rings (SSSR count). The van der Waals surface area contributed by atoms with Crippen LogP contribution in [0.2, 0.25) is 20.1 Å². The fourth-order valence-corrected chi connectivity index (χ4v) is 16.8. The number of carboxylic acid groups (broad SMARTS) is 1. The Balaban J connectivity index is 0.000000202. The number of halogens is 4. The molecule has 16 nitrogen and oxygen atoms in total. The molecule has 0 unspecified atom stereocenters. The third-order valence-corrected chi connectivity index (χ3v) is 22.4. The first-order chi connectivity index (χ1) is 43.7. The molecule has 0 fully saturated rings. The van der Waals surface area contributed by atoms with E-state index in [4.69, 9.17) is 51.1 Å². The summed E-state index contributed by atoms with van der Waals surface area (Å²) in [6.07, 6.45) is 4.89. The van der Waals surface area contributed by atoms with Gasteiger partial charge in [0.1, 0.15) is 30.3 Å². The van der Waals surface area contributed by atoms with E-state index in [0.717, 1.165) is 31.2 Å². The fourth-order valence-electron chi connectivity index (χ4n) is 12.4. The van der Waals surface area contributed by atoms with E-state index in [1.807, 2.05) is 60.7 Å². The zero-order valence-corrected chi connectivity index (χ0v) is 54.1. The van der Waals surface area contributed by atoms with Crippen molar-refractivity contribution in [2.24, 2.45) is 0 Å². The van der Waals surface area contributed by atoms with Gasteiger partial charge in [-0.1, -0.05) is 162 Å². The maximum atomic E-state index is 13.8. The van der Waals surface area contributed by atoms with Gasteiger partial charge in [0.05, 0.1) is 41.0 Å². The number of hydrogen-bond donors (Lipinski definition) is 3. The van der Waals surface area contributed by atoms with Gasteiger partial charge in [0, 0.05) is 51.9 Å². The van der Waals surface area contributed by atoms with Gasteiger partial charge in [0.15, 0.2) is 0 Å². The van der Waals surface area contributed by atoms with Gasteiger partial charge in [-0.05, 0) is 150 Å². The van der Waals surface area contributed by atoms with Crippen LogP contribution in [0, 0.1) is 0 Å². The van der Waals surface area contributed by atoms with Gasteiger partial charge in [-0.3, -0.25) is 19.2 Å². The Morgan fingerprint density at radius 2 is 0.912 bits per heavy atom. The number of Topliss-reactive ketones (excluding diaryl/α,β-unsaturated/α-hetero) is 2. The molecule has 474 valence electrons. The topological polar surface area (TPSA) is 231 Å². The highest BCUT2D eigenvalue weighted by Crippen LogP contribution is 2.40. The van der Waals surface area contributed by atoms with Gasteiger partial charge < -0.3 is 20.5 Å². The quantitative estimate of drug-likeness (QED) is 0.0538. The summed E-state index contributed by atoms with van der Waals surface area (Å²) in [4.78, 5) is 78.6. The van der Waals surface area contributed by atoms with Crippen LogP contribution < -0.4 is 10.6 Å². The molecule has 4 atom stereocenters. The lowest BCUT2D eigenvalue weighted by Crippen LogP contribution is -2.42. The number of amides is 2. The van der Waals surface area contributed by atoms with Crippen LogP contribution in [-0.2, 0) is 89.3 Å². The predicted molar refractivity (Wildman–Crippen MR) is 348 cm³/mol. The van der Waals surface area contributed by atoms with Crippen LogP contribution in [0.25, 0.3) is 0 Å². The number of esters is 1. The monoisotopic (exact) mass is 1350 g/mol. The van der Waals surface area contributed by atoms with Crippen molar-refractivity contribution >= 4 is 102 Å². The summed E-state index contributed by atoms with van der Waals surface area (Å²) >= 11 is 26.5. The first kappa shape index (κ1) is 66.7. The lowest BCUT2D eigenvalue weighted by Gasteiger charge is -2.29. The number of ketones is 2. The molecule has 91 heavy (non-hydrogen) atoms. The fraction of sp³-hybridized carbons (Fsp3) is 0.304. The summed E-state index contributed by atoms with van der Waals surface area (Å²) < 4.78 is 61.0. The van der Waals surface area contributed by atoms with Crippen molar-refractivity contribution in [3.8, 4) is 0 Å². The first-order valence-electron chi connectivity index (χ1n) is 30.0. The summed E-state index contributed by atoms with van der Waals surface area (Å²) in [6.45, 7) is 0.378. The van der Waals surface area contributed by atoms with Crippen LogP contribution >= 0.6 is 46.4 Å². The standard InChI is InChI=1S/C38H36Cl2N2O6S.C31H30Cl2N2O6S/c39-33-22-28-23-42(49(46,47)30-12-5-2-6-13-30)20-19-32(28)36(40)35(33)37(44)41-34(38(45)48-24-25-9-3-1-4-10-25)18-17-29(43)21-27-16-15-26-11-7-8-14-31(26)27;32-26-17-21-18-35(42(40,41)23-7-2-1-3-8-23)15-14-25(21)29(33)28(26)30(37)34-27(31(38)39)13-12-22(36)16-20-11-10-19-6-4-5-9-24(19)20/h1-14,22,27,34H,15-21,23-24H2,(H,41,44);1-9,17,20,27H,10-16,18H2,(H,34,37)(H,38,39)/t27-,34-;20-,27-/m00/s1. The molecular formula is C69H66Cl4N4O12S2. The first-order valence-corrected chi connectivity index (χ1v) is 34.4. The van der Waals surface area contributed by atoms with E-state index in [1.54, 1.807) is 54.6 Å². The molecule has 22 heteroatoms. The van der Waals surface area contributed by atoms with E-state index in [-0.39, 0.29) is 136 Å². The summed E-state index contributed by atoms with van der Waals surface area (Å²) in [6, 6.07) is 42.2. The van der Waals surface area contributed by atoms with Crippen molar-refractivity contribution in [1.82, 2.24) is 19.2 Å². The van der Waals surface area contributed by atoms with Crippen molar-refractivity contribution in [3.05, 3.63) is 233 Å². The smallest absolute Gasteiger partial charge is 0.328 e. The van der Waals surface area contributed by atoms with E-state index in [2.05, 4.69) is 28.8 Å². The normalized spacial score (nSPS) is 16.7. The van der Waals surface area contributed by atoms with Gasteiger partial charge in [0.25, 0.3) is 11.8 Å². The second kappa shape index (κ2) is 29.6.